The molecule has 0 spiro atoms. The molecule has 0 aliphatic carbocycles. The van der Waals surface area contributed by atoms with E-state index in [2.05, 4.69) is 53.5 Å². The van der Waals surface area contributed by atoms with Gasteiger partial charge in [-0.15, -0.1) is 5.10 Å². The van der Waals surface area contributed by atoms with E-state index in [0.717, 1.165) is 17.0 Å². The van der Waals surface area contributed by atoms with Gasteiger partial charge in [-0.05, 0) is 81.7 Å². The number of aromatic nitrogens is 6. The fourth-order valence-corrected chi connectivity index (χ4v) is 5.32. The van der Waals surface area contributed by atoms with Gasteiger partial charge in [-0.2, -0.15) is 4.68 Å². The van der Waals surface area contributed by atoms with Crippen molar-refractivity contribution in [3.05, 3.63) is 125 Å². The summed E-state index contributed by atoms with van der Waals surface area (Å²) in [4.78, 5) is 14.3. The highest BCUT2D eigenvalue weighted by atomic mass is 32.2. The molecule has 0 radical (unpaired) electrons. The summed E-state index contributed by atoms with van der Waals surface area (Å²) >= 11 is 1.22. The zero-order chi connectivity index (χ0) is 28.4. The standard InChI is InChI=1S/C32H28N6O2S/c1-32(2,3)23-14-18-26(19-15-23)40-27-20-16-25(17-21-27)37-30(39)29(28(34-37)22-10-6-4-7-11-22)41-31-33-35-36-38(31)24-12-8-5-9-13-24/h4-21,34H,1-3H3. The predicted octanol–water partition coefficient (Wildman–Crippen LogP) is 7.05. The fourth-order valence-electron chi connectivity index (χ4n) is 4.39. The maximum Gasteiger partial charge on any atom is 0.286 e. The number of tetrazole rings is 1. The first-order chi connectivity index (χ1) is 19.9. The van der Waals surface area contributed by atoms with E-state index >= 15 is 0 Å². The molecular weight excluding hydrogens is 532 g/mol. The van der Waals surface area contributed by atoms with Crippen LogP contribution in [0.5, 0.6) is 11.5 Å². The number of hydrogen-bond donors (Lipinski definition) is 1. The molecule has 2 heterocycles. The summed E-state index contributed by atoms with van der Waals surface area (Å²) in [7, 11) is 0. The largest absolute Gasteiger partial charge is 0.457 e. The van der Waals surface area contributed by atoms with Crippen LogP contribution < -0.4 is 10.3 Å². The average molecular weight is 561 g/mol. The third-order valence-corrected chi connectivity index (χ3v) is 7.62. The van der Waals surface area contributed by atoms with Crippen molar-refractivity contribution in [1.29, 1.82) is 0 Å². The van der Waals surface area contributed by atoms with Gasteiger partial charge in [0.15, 0.2) is 0 Å². The minimum Gasteiger partial charge on any atom is -0.457 e. The summed E-state index contributed by atoms with van der Waals surface area (Å²) in [6.07, 6.45) is 0. The lowest BCUT2D eigenvalue weighted by Gasteiger charge is -2.19. The van der Waals surface area contributed by atoms with Crippen molar-refractivity contribution in [1.82, 2.24) is 30.0 Å². The van der Waals surface area contributed by atoms with Gasteiger partial charge in [0.25, 0.3) is 5.56 Å². The quantitative estimate of drug-likeness (QED) is 0.225. The Morgan fingerprint density at radius 3 is 2.00 bits per heavy atom. The van der Waals surface area contributed by atoms with E-state index in [4.69, 9.17) is 4.74 Å². The summed E-state index contributed by atoms with van der Waals surface area (Å²) in [5.74, 6) is 1.43. The molecule has 9 heteroatoms. The number of para-hydroxylation sites is 1. The number of aromatic amines is 1. The smallest absolute Gasteiger partial charge is 0.286 e. The molecule has 0 bridgehead atoms. The lowest BCUT2D eigenvalue weighted by molar-refractivity contribution is 0.481. The van der Waals surface area contributed by atoms with Crippen LogP contribution in [0.4, 0.5) is 0 Å². The Morgan fingerprint density at radius 1 is 0.756 bits per heavy atom. The fraction of sp³-hybridized carbons (Fsp3) is 0.125. The van der Waals surface area contributed by atoms with E-state index in [9.17, 15) is 4.79 Å². The van der Waals surface area contributed by atoms with Crippen LogP contribution in [0.3, 0.4) is 0 Å². The maximum atomic E-state index is 13.8. The van der Waals surface area contributed by atoms with Crippen LogP contribution in [0.25, 0.3) is 22.6 Å². The van der Waals surface area contributed by atoms with Crippen molar-refractivity contribution < 1.29 is 4.74 Å². The molecule has 8 nitrogen and oxygen atoms in total. The third kappa shape index (κ3) is 5.57. The summed E-state index contributed by atoms with van der Waals surface area (Å²) in [5, 5.41) is 16.0. The highest BCUT2D eigenvalue weighted by Gasteiger charge is 2.21. The minimum absolute atomic E-state index is 0.0763. The highest BCUT2D eigenvalue weighted by Crippen LogP contribution is 2.33. The van der Waals surface area contributed by atoms with Gasteiger partial charge in [-0.3, -0.25) is 9.89 Å². The van der Waals surface area contributed by atoms with E-state index in [1.807, 2.05) is 97.1 Å². The molecule has 0 aliphatic heterocycles. The van der Waals surface area contributed by atoms with Crippen LogP contribution in [-0.4, -0.2) is 30.0 Å². The van der Waals surface area contributed by atoms with Crippen molar-refractivity contribution in [2.75, 3.05) is 0 Å². The molecule has 6 aromatic rings. The van der Waals surface area contributed by atoms with Crippen molar-refractivity contribution in [2.45, 2.75) is 36.2 Å². The molecule has 2 aromatic heterocycles. The van der Waals surface area contributed by atoms with Crippen molar-refractivity contribution in [2.24, 2.45) is 0 Å². The summed E-state index contributed by atoms with van der Waals surface area (Å²) in [5.41, 5.74) is 4.16. The molecule has 6 rings (SSSR count). The Kier molecular flexibility index (Phi) is 7.03. The molecule has 0 unspecified atom stereocenters. The van der Waals surface area contributed by atoms with Crippen LogP contribution >= 0.6 is 11.8 Å². The Bertz CT molecular complexity index is 1820. The molecule has 41 heavy (non-hydrogen) atoms. The number of hydrogen-bond acceptors (Lipinski definition) is 6. The Balaban J connectivity index is 1.32. The normalized spacial score (nSPS) is 11.5. The molecule has 0 saturated heterocycles. The Labute approximate surface area is 241 Å². The van der Waals surface area contributed by atoms with Crippen LogP contribution in [-0.2, 0) is 5.41 Å². The van der Waals surface area contributed by atoms with Gasteiger partial charge in [0.2, 0.25) is 5.16 Å². The zero-order valence-corrected chi connectivity index (χ0v) is 23.7. The topological polar surface area (TPSA) is 90.6 Å². The van der Waals surface area contributed by atoms with Crippen molar-refractivity contribution in [3.63, 3.8) is 0 Å². The summed E-state index contributed by atoms with van der Waals surface area (Å²) < 4.78 is 9.22. The third-order valence-electron chi connectivity index (χ3n) is 6.60. The zero-order valence-electron chi connectivity index (χ0n) is 22.9. The summed E-state index contributed by atoms with van der Waals surface area (Å²) in [6, 6.07) is 34.9. The highest BCUT2D eigenvalue weighted by molar-refractivity contribution is 7.99. The first kappa shape index (κ1) is 26.3. The first-order valence-electron chi connectivity index (χ1n) is 13.2. The van der Waals surface area contributed by atoms with E-state index in [1.54, 1.807) is 4.68 Å². The van der Waals surface area contributed by atoms with Crippen LogP contribution in [0, 0.1) is 0 Å². The second-order valence-corrected chi connectivity index (χ2v) is 11.5. The Morgan fingerprint density at radius 2 is 1.37 bits per heavy atom. The van der Waals surface area contributed by atoms with Gasteiger partial charge in [0.05, 0.1) is 17.1 Å². The van der Waals surface area contributed by atoms with E-state index in [-0.39, 0.29) is 11.0 Å². The van der Waals surface area contributed by atoms with Gasteiger partial charge in [-0.25, -0.2) is 4.68 Å². The summed E-state index contributed by atoms with van der Waals surface area (Å²) in [6.45, 7) is 6.55. The number of nitrogens with one attached hydrogen (secondary N) is 1. The van der Waals surface area contributed by atoms with E-state index < -0.39 is 0 Å². The first-order valence-corrected chi connectivity index (χ1v) is 14.0. The minimum atomic E-state index is -0.206. The van der Waals surface area contributed by atoms with E-state index in [1.165, 1.54) is 22.0 Å². The Hall–Kier alpha value is -4.89. The van der Waals surface area contributed by atoms with Crippen LogP contribution in [0.2, 0.25) is 0 Å². The van der Waals surface area contributed by atoms with Gasteiger partial charge in [-0.1, -0.05) is 81.4 Å². The number of ether oxygens (including phenoxy) is 1. The number of rotatable bonds is 7. The SMILES string of the molecule is CC(C)(C)c1ccc(Oc2ccc(-n3[nH]c(-c4ccccc4)c(Sc4nnnn4-c4ccccc4)c3=O)cc2)cc1. The molecule has 204 valence electrons. The van der Waals surface area contributed by atoms with Crippen LogP contribution in [0.1, 0.15) is 26.3 Å². The van der Waals surface area contributed by atoms with Gasteiger partial charge in [0.1, 0.15) is 16.4 Å². The molecular formula is C32H28N6O2S. The van der Waals surface area contributed by atoms with Crippen molar-refractivity contribution >= 4 is 11.8 Å². The van der Waals surface area contributed by atoms with Gasteiger partial charge < -0.3 is 4.74 Å². The molecule has 4 aromatic carbocycles. The molecule has 0 fully saturated rings. The monoisotopic (exact) mass is 560 g/mol. The predicted molar refractivity (Wildman–Crippen MR) is 160 cm³/mol. The molecule has 0 saturated carbocycles. The van der Waals surface area contributed by atoms with Gasteiger partial charge in [0, 0.05) is 5.56 Å². The van der Waals surface area contributed by atoms with Crippen molar-refractivity contribution in [3.8, 4) is 34.1 Å². The number of H-pyrrole nitrogens is 1. The second kappa shape index (κ2) is 10.9. The lowest BCUT2D eigenvalue weighted by Crippen LogP contribution is -2.15. The van der Waals surface area contributed by atoms with E-state index in [0.29, 0.717) is 27.2 Å². The van der Waals surface area contributed by atoms with Gasteiger partial charge >= 0.3 is 0 Å². The molecule has 0 aliphatic rings. The average Bonchev–Trinajstić information content (AvgIpc) is 3.59. The molecule has 1 N–H and O–H groups in total. The number of nitrogens with zero attached hydrogens (tertiary/aromatic N) is 5. The maximum absolute atomic E-state index is 13.8. The second-order valence-electron chi connectivity index (χ2n) is 10.5. The lowest BCUT2D eigenvalue weighted by atomic mass is 9.87. The molecule has 0 atom stereocenters. The molecule has 0 amide bonds. The van der Waals surface area contributed by atoms with Crippen LogP contribution in [0.15, 0.2) is 124 Å². The number of benzene rings is 4.